The summed E-state index contributed by atoms with van der Waals surface area (Å²) in [5.41, 5.74) is 0.904. The van der Waals surface area contributed by atoms with Crippen molar-refractivity contribution in [2.24, 2.45) is 0 Å². The first-order valence-corrected chi connectivity index (χ1v) is 6.42. The highest BCUT2D eigenvalue weighted by Gasteiger charge is 2.13. The minimum atomic E-state index is -0.518. The molecule has 0 spiro atoms. The van der Waals surface area contributed by atoms with Crippen LogP contribution in [0.5, 0.6) is 5.75 Å². The summed E-state index contributed by atoms with van der Waals surface area (Å²) in [7, 11) is 0. The van der Waals surface area contributed by atoms with Gasteiger partial charge in [-0.25, -0.2) is 4.39 Å². The van der Waals surface area contributed by atoms with E-state index in [-0.39, 0.29) is 18.5 Å². The molecule has 2 atom stereocenters. The molecule has 1 rings (SSSR count). The molecule has 0 radical (unpaired) electrons. The number of aliphatic hydroxyl groups is 1. The fourth-order valence-corrected chi connectivity index (χ4v) is 1.71. The van der Waals surface area contributed by atoms with Crippen molar-refractivity contribution >= 4 is 0 Å². The van der Waals surface area contributed by atoms with E-state index in [0.29, 0.717) is 12.2 Å². The lowest BCUT2D eigenvalue weighted by Gasteiger charge is -2.19. The molecular weight excluding hydrogens is 233 g/mol. The van der Waals surface area contributed by atoms with Crippen molar-refractivity contribution in [1.82, 2.24) is 5.32 Å². The molecule has 0 saturated heterocycles. The molecule has 1 aromatic rings. The molecule has 2 unspecified atom stereocenters. The second kappa shape index (κ2) is 7.34. The average molecular weight is 255 g/mol. The molecule has 0 saturated carbocycles. The molecule has 0 aliphatic carbocycles. The van der Waals surface area contributed by atoms with Gasteiger partial charge in [0, 0.05) is 17.7 Å². The van der Waals surface area contributed by atoms with E-state index in [0.717, 1.165) is 12.1 Å². The summed E-state index contributed by atoms with van der Waals surface area (Å²) in [5.74, 6) is 0.166. The summed E-state index contributed by atoms with van der Waals surface area (Å²) in [6.45, 7) is 6.91. The Labute approximate surface area is 108 Å². The van der Waals surface area contributed by atoms with Crippen molar-refractivity contribution in [1.29, 1.82) is 0 Å². The zero-order valence-electron chi connectivity index (χ0n) is 11.2. The van der Waals surface area contributed by atoms with Crippen LogP contribution in [0.3, 0.4) is 0 Å². The molecule has 0 aromatic heterocycles. The molecule has 0 fully saturated rings. The summed E-state index contributed by atoms with van der Waals surface area (Å²) < 4.78 is 18.7. The van der Waals surface area contributed by atoms with Crippen LogP contribution < -0.4 is 10.1 Å². The van der Waals surface area contributed by atoms with Gasteiger partial charge in [-0.3, -0.25) is 0 Å². The molecule has 0 heterocycles. The summed E-state index contributed by atoms with van der Waals surface area (Å²) in [6.07, 6.45) is 0.100. The fraction of sp³-hybridized carbons (Fsp3) is 0.571. The van der Waals surface area contributed by atoms with Crippen molar-refractivity contribution in [2.75, 3.05) is 13.2 Å². The predicted octanol–water partition coefficient (Wildman–Crippen LogP) is 2.65. The third kappa shape index (κ3) is 4.27. The molecule has 0 amide bonds. The lowest BCUT2D eigenvalue weighted by Crippen LogP contribution is -2.21. The van der Waals surface area contributed by atoms with Crippen LogP contribution in [0.1, 0.15) is 38.8 Å². The average Bonchev–Trinajstić information content (AvgIpc) is 2.36. The Morgan fingerprint density at radius 2 is 2.11 bits per heavy atom. The normalized spacial score (nSPS) is 14.3. The molecule has 1 aromatic carbocycles. The Bertz CT molecular complexity index is 371. The first kappa shape index (κ1) is 14.9. The minimum absolute atomic E-state index is 0.0874. The Morgan fingerprint density at radius 3 is 2.72 bits per heavy atom. The molecule has 0 bridgehead atoms. The number of ether oxygens (including phenoxy) is 1. The van der Waals surface area contributed by atoms with Crippen molar-refractivity contribution in [3.63, 3.8) is 0 Å². The van der Waals surface area contributed by atoms with Crippen LogP contribution in [0.4, 0.5) is 4.39 Å². The maximum Gasteiger partial charge on any atom is 0.127 e. The van der Waals surface area contributed by atoms with E-state index in [4.69, 9.17) is 4.74 Å². The molecule has 0 aliphatic rings. The third-order valence-corrected chi connectivity index (χ3v) is 2.85. The number of hydrogen-bond acceptors (Lipinski definition) is 3. The Balaban J connectivity index is 2.82. The van der Waals surface area contributed by atoms with Crippen molar-refractivity contribution < 1.29 is 14.2 Å². The highest BCUT2D eigenvalue weighted by atomic mass is 19.1. The summed E-state index contributed by atoms with van der Waals surface area (Å²) in [4.78, 5) is 0. The maximum absolute atomic E-state index is 13.2. The summed E-state index contributed by atoms with van der Waals surface area (Å²) in [5, 5.41) is 12.7. The number of rotatable bonds is 7. The molecule has 0 aliphatic heterocycles. The van der Waals surface area contributed by atoms with E-state index in [2.05, 4.69) is 5.32 Å². The first-order valence-electron chi connectivity index (χ1n) is 6.42. The quantitative estimate of drug-likeness (QED) is 0.787. The van der Waals surface area contributed by atoms with E-state index in [9.17, 15) is 9.50 Å². The Morgan fingerprint density at radius 1 is 1.39 bits per heavy atom. The summed E-state index contributed by atoms with van der Waals surface area (Å²) in [6, 6.07) is 4.60. The van der Waals surface area contributed by atoms with E-state index in [1.165, 1.54) is 12.1 Å². The van der Waals surface area contributed by atoms with Gasteiger partial charge in [0.05, 0.1) is 6.10 Å². The van der Waals surface area contributed by atoms with Crippen LogP contribution >= 0.6 is 0 Å². The van der Waals surface area contributed by atoms with Gasteiger partial charge in [-0.1, -0.05) is 19.9 Å². The van der Waals surface area contributed by atoms with E-state index >= 15 is 0 Å². The molecule has 3 nitrogen and oxygen atoms in total. The highest BCUT2D eigenvalue weighted by molar-refractivity contribution is 5.36. The van der Waals surface area contributed by atoms with E-state index in [1.54, 1.807) is 6.07 Å². The number of hydrogen-bond donors (Lipinski definition) is 2. The Kier molecular flexibility index (Phi) is 6.09. The van der Waals surface area contributed by atoms with E-state index < -0.39 is 6.10 Å². The lowest BCUT2D eigenvalue weighted by atomic mass is 10.1. The van der Waals surface area contributed by atoms with Gasteiger partial charge in [0.25, 0.3) is 0 Å². The van der Waals surface area contributed by atoms with Gasteiger partial charge in [0.15, 0.2) is 0 Å². The largest absolute Gasteiger partial charge is 0.490 e. The van der Waals surface area contributed by atoms with Gasteiger partial charge in [-0.15, -0.1) is 0 Å². The van der Waals surface area contributed by atoms with Crippen LogP contribution in [0.15, 0.2) is 18.2 Å². The third-order valence-electron chi connectivity index (χ3n) is 2.85. The zero-order chi connectivity index (χ0) is 13.5. The predicted molar refractivity (Wildman–Crippen MR) is 70.3 cm³/mol. The number of aliphatic hydroxyl groups excluding tert-OH is 1. The molecule has 102 valence electrons. The maximum atomic E-state index is 13.2. The lowest BCUT2D eigenvalue weighted by molar-refractivity contribution is 0.103. The minimum Gasteiger partial charge on any atom is -0.490 e. The second-order valence-electron chi connectivity index (χ2n) is 4.33. The fourth-order valence-electron chi connectivity index (χ4n) is 1.71. The second-order valence-corrected chi connectivity index (χ2v) is 4.33. The van der Waals surface area contributed by atoms with Gasteiger partial charge in [-0.2, -0.15) is 0 Å². The standard InChI is InChI=1S/C14H22FNO2/c1-4-12(17)9-18-14-8-11(15)6-7-13(14)10(3)16-5-2/h6-8,10,12,16-17H,4-5,9H2,1-3H3. The van der Waals surface area contributed by atoms with Crippen LogP contribution in [-0.2, 0) is 0 Å². The molecule has 4 heteroatoms. The molecular formula is C14H22FNO2. The van der Waals surface area contributed by atoms with Gasteiger partial charge < -0.3 is 15.2 Å². The van der Waals surface area contributed by atoms with Gasteiger partial charge >= 0.3 is 0 Å². The number of benzene rings is 1. The molecule has 18 heavy (non-hydrogen) atoms. The Hall–Kier alpha value is -1.13. The first-order chi connectivity index (χ1) is 8.58. The smallest absolute Gasteiger partial charge is 0.127 e. The SMILES string of the molecule is CCNC(C)c1ccc(F)cc1OCC(O)CC. The van der Waals surface area contributed by atoms with Gasteiger partial charge in [0.1, 0.15) is 18.2 Å². The van der Waals surface area contributed by atoms with Crippen LogP contribution in [-0.4, -0.2) is 24.4 Å². The number of nitrogens with one attached hydrogen (secondary N) is 1. The van der Waals surface area contributed by atoms with Crippen LogP contribution in [0, 0.1) is 5.82 Å². The van der Waals surface area contributed by atoms with Crippen molar-refractivity contribution in [2.45, 2.75) is 39.3 Å². The van der Waals surface area contributed by atoms with Crippen molar-refractivity contribution in [3.05, 3.63) is 29.6 Å². The highest BCUT2D eigenvalue weighted by Crippen LogP contribution is 2.26. The summed E-state index contributed by atoms with van der Waals surface area (Å²) >= 11 is 0. The van der Waals surface area contributed by atoms with Crippen LogP contribution in [0.25, 0.3) is 0 Å². The van der Waals surface area contributed by atoms with Crippen LogP contribution in [0.2, 0.25) is 0 Å². The topological polar surface area (TPSA) is 41.5 Å². The van der Waals surface area contributed by atoms with Gasteiger partial charge in [0.2, 0.25) is 0 Å². The van der Waals surface area contributed by atoms with E-state index in [1.807, 2.05) is 20.8 Å². The van der Waals surface area contributed by atoms with Crippen molar-refractivity contribution in [3.8, 4) is 5.75 Å². The molecule has 2 N–H and O–H groups in total. The van der Waals surface area contributed by atoms with Gasteiger partial charge in [-0.05, 0) is 26.0 Å². The monoisotopic (exact) mass is 255 g/mol. The zero-order valence-corrected chi connectivity index (χ0v) is 11.2. The number of halogens is 1.